The zero-order valence-electron chi connectivity index (χ0n) is 17.6. The van der Waals surface area contributed by atoms with Crippen molar-refractivity contribution in [1.29, 1.82) is 0 Å². The van der Waals surface area contributed by atoms with Crippen LogP contribution in [0.5, 0.6) is 0 Å². The number of carbonyl (C=O) groups excluding carboxylic acids is 1. The Kier molecular flexibility index (Phi) is 6.12. The highest BCUT2D eigenvalue weighted by Gasteiger charge is 2.07. The van der Waals surface area contributed by atoms with Crippen molar-refractivity contribution in [3.8, 4) is 11.1 Å². The lowest BCUT2D eigenvalue weighted by atomic mass is 10.0. The van der Waals surface area contributed by atoms with E-state index in [9.17, 15) is 4.79 Å². The maximum absolute atomic E-state index is 12.3. The second-order valence-electron chi connectivity index (χ2n) is 7.41. The van der Waals surface area contributed by atoms with E-state index in [0.717, 1.165) is 40.2 Å². The molecule has 4 rings (SSSR count). The van der Waals surface area contributed by atoms with Crippen LogP contribution in [0.2, 0.25) is 0 Å². The second-order valence-corrected chi connectivity index (χ2v) is 7.41. The number of aromatic nitrogens is 5. The van der Waals surface area contributed by atoms with E-state index in [1.807, 2.05) is 66.7 Å². The standard InChI is InChI=1S/C24H24N6O/c1-3-30-16-19(13-28-30)10-23-26-14-21(15-27-23)20-7-5-18(6-8-20)11-24(31)29-22-9-4-17(2)12-25-22/h4-9,12-16H,3,10-11H2,1-2H3,(H,25,29,31). The number of anilines is 1. The number of carbonyl (C=O) groups is 1. The minimum Gasteiger partial charge on any atom is -0.310 e. The lowest BCUT2D eigenvalue weighted by Crippen LogP contribution is -2.15. The molecule has 1 amide bonds. The van der Waals surface area contributed by atoms with Crippen molar-refractivity contribution in [2.75, 3.05) is 5.32 Å². The Labute approximate surface area is 181 Å². The van der Waals surface area contributed by atoms with Gasteiger partial charge in [-0.05, 0) is 42.2 Å². The van der Waals surface area contributed by atoms with Crippen LogP contribution in [0.4, 0.5) is 5.82 Å². The number of nitrogens with one attached hydrogen (secondary N) is 1. The Morgan fingerprint density at radius 3 is 2.32 bits per heavy atom. The molecule has 0 aliphatic carbocycles. The molecule has 4 aromatic rings. The van der Waals surface area contributed by atoms with Gasteiger partial charge < -0.3 is 5.32 Å². The van der Waals surface area contributed by atoms with Gasteiger partial charge in [0.1, 0.15) is 11.6 Å². The average Bonchev–Trinajstić information content (AvgIpc) is 3.24. The predicted molar refractivity (Wildman–Crippen MR) is 119 cm³/mol. The van der Waals surface area contributed by atoms with Crippen molar-refractivity contribution in [2.45, 2.75) is 33.2 Å². The van der Waals surface area contributed by atoms with E-state index in [1.54, 1.807) is 12.3 Å². The maximum atomic E-state index is 12.3. The van der Waals surface area contributed by atoms with E-state index in [4.69, 9.17) is 0 Å². The molecule has 0 bridgehead atoms. The molecule has 0 unspecified atom stereocenters. The van der Waals surface area contributed by atoms with Gasteiger partial charge in [-0.2, -0.15) is 5.10 Å². The summed E-state index contributed by atoms with van der Waals surface area (Å²) in [6.07, 6.45) is 10.2. The van der Waals surface area contributed by atoms with Gasteiger partial charge >= 0.3 is 0 Å². The van der Waals surface area contributed by atoms with Gasteiger partial charge in [-0.3, -0.25) is 9.48 Å². The number of hydrogen-bond acceptors (Lipinski definition) is 5. The van der Waals surface area contributed by atoms with Gasteiger partial charge in [0.05, 0.1) is 12.6 Å². The van der Waals surface area contributed by atoms with Crippen molar-refractivity contribution >= 4 is 11.7 Å². The normalized spacial score (nSPS) is 10.8. The van der Waals surface area contributed by atoms with Gasteiger partial charge in [0.15, 0.2) is 0 Å². The number of rotatable bonds is 7. The number of benzene rings is 1. The quantitative estimate of drug-likeness (QED) is 0.499. The molecule has 0 aliphatic rings. The number of nitrogens with zero attached hydrogens (tertiary/aromatic N) is 5. The zero-order chi connectivity index (χ0) is 21.6. The first-order chi connectivity index (χ1) is 15.1. The van der Waals surface area contributed by atoms with Crippen LogP contribution in [-0.4, -0.2) is 30.6 Å². The Bertz CT molecular complexity index is 1150. The molecule has 0 atom stereocenters. The number of amides is 1. The first-order valence-corrected chi connectivity index (χ1v) is 10.2. The van der Waals surface area contributed by atoms with E-state index in [1.165, 1.54) is 0 Å². The molecule has 0 saturated heterocycles. The average molecular weight is 412 g/mol. The van der Waals surface area contributed by atoms with Crippen LogP contribution >= 0.6 is 0 Å². The monoisotopic (exact) mass is 412 g/mol. The van der Waals surface area contributed by atoms with Crippen LogP contribution in [0, 0.1) is 6.92 Å². The fourth-order valence-electron chi connectivity index (χ4n) is 3.18. The van der Waals surface area contributed by atoms with Gasteiger partial charge in [0.2, 0.25) is 5.91 Å². The third kappa shape index (κ3) is 5.39. The third-order valence-electron chi connectivity index (χ3n) is 4.91. The molecule has 0 spiro atoms. The fourth-order valence-corrected chi connectivity index (χ4v) is 3.18. The second kappa shape index (κ2) is 9.30. The Hall–Kier alpha value is -3.87. The minimum atomic E-state index is -0.0943. The van der Waals surface area contributed by atoms with Crippen LogP contribution < -0.4 is 5.32 Å². The van der Waals surface area contributed by atoms with Crippen molar-refractivity contribution in [2.24, 2.45) is 0 Å². The Balaban J connectivity index is 1.36. The third-order valence-corrected chi connectivity index (χ3v) is 4.91. The minimum absolute atomic E-state index is 0.0943. The summed E-state index contributed by atoms with van der Waals surface area (Å²) in [6, 6.07) is 11.6. The summed E-state index contributed by atoms with van der Waals surface area (Å²) in [6.45, 7) is 4.86. The largest absolute Gasteiger partial charge is 0.310 e. The highest BCUT2D eigenvalue weighted by Crippen LogP contribution is 2.19. The summed E-state index contributed by atoms with van der Waals surface area (Å²) in [5.74, 6) is 1.23. The fraction of sp³-hybridized carbons (Fsp3) is 0.208. The molecular weight excluding hydrogens is 388 g/mol. The molecule has 3 heterocycles. The molecule has 0 radical (unpaired) electrons. The van der Waals surface area contributed by atoms with Gasteiger partial charge in [0.25, 0.3) is 0 Å². The van der Waals surface area contributed by atoms with Crippen LogP contribution in [0.25, 0.3) is 11.1 Å². The van der Waals surface area contributed by atoms with Gasteiger partial charge in [0, 0.05) is 43.3 Å². The number of pyridine rings is 1. The molecule has 1 aromatic carbocycles. The van der Waals surface area contributed by atoms with E-state index >= 15 is 0 Å². The predicted octanol–water partition coefficient (Wildman–Crippen LogP) is 3.84. The molecule has 0 saturated carbocycles. The summed E-state index contributed by atoms with van der Waals surface area (Å²) in [5, 5.41) is 7.10. The summed E-state index contributed by atoms with van der Waals surface area (Å²) in [5.41, 5.74) is 5.03. The van der Waals surface area contributed by atoms with Crippen LogP contribution in [0.1, 0.15) is 29.4 Å². The first-order valence-electron chi connectivity index (χ1n) is 10.2. The highest BCUT2D eigenvalue weighted by molar-refractivity contribution is 5.91. The van der Waals surface area contributed by atoms with Crippen LogP contribution in [0.15, 0.2) is 67.4 Å². The topological polar surface area (TPSA) is 85.6 Å². The van der Waals surface area contributed by atoms with Crippen LogP contribution in [0.3, 0.4) is 0 Å². The maximum Gasteiger partial charge on any atom is 0.229 e. The summed E-state index contributed by atoms with van der Waals surface area (Å²) >= 11 is 0. The van der Waals surface area contributed by atoms with Gasteiger partial charge in [-0.25, -0.2) is 15.0 Å². The lowest BCUT2D eigenvalue weighted by Gasteiger charge is -2.06. The van der Waals surface area contributed by atoms with Crippen LogP contribution in [-0.2, 0) is 24.2 Å². The number of hydrogen-bond donors (Lipinski definition) is 1. The van der Waals surface area contributed by atoms with Crippen molar-refractivity contribution in [3.05, 3.63) is 89.9 Å². The highest BCUT2D eigenvalue weighted by atomic mass is 16.1. The van der Waals surface area contributed by atoms with E-state index < -0.39 is 0 Å². The Morgan fingerprint density at radius 1 is 0.903 bits per heavy atom. The molecule has 7 nitrogen and oxygen atoms in total. The molecular formula is C24H24N6O. The molecule has 3 aromatic heterocycles. The SMILES string of the molecule is CCn1cc(Cc2ncc(-c3ccc(CC(=O)Nc4ccc(C)cn4)cc3)cn2)cn1. The first kappa shape index (κ1) is 20.4. The Morgan fingerprint density at radius 2 is 1.68 bits per heavy atom. The summed E-state index contributed by atoms with van der Waals surface area (Å²) in [4.78, 5) is 25.4. The zero-order valence-corrected chi connectivity index (χ0v) is 17.6. The molecule has 0 fully saturated rings. The smallest absolute Gasteiger partial charge is 0.229 e. The van der Waals surface area contributed by atoms with Gasteiger partial charge in [-0.15, -0.1) is 0 Å². The lowest BCUT2D eigenvalue weighted by molar-refractivity contribution is -0.115. The molecule has 31 heavy (non-hydrogen) atoms. The molecule has 1 N–H and O–H groups in total. The number of aryl methyl sites for hydroxylation is 2. The van der Waals surface area contributed by atoms with Crippen molar-refractivity contribution in [1.82, 2.24) is 24.7 Å². The molecule has 7 heteroatoms. The molecule has 156 valence electrons. The van der Waals surface area contributed by atoms with Gasteiger partial charge in [-0.1, -0.05) is 30.3 Å². The van der Waals surface area contributed by atoms with E-state index in [0.29, 0.717) is 12.2 Å². The summed E-state index contributed by atoms with van der Waals surface area (Å²) in [7, 11) is 0. The summed E-state index contributed by atoms with van der Waals surface area (Å²) < 4.78 is 1.89. The molecule has 0 aliphatic heterocycles. The van der Waals surface area contributed by atoms with Crippen molar-refractivity contribution < 1.29 is 4.79 Å². The van der Waals surface area contributed by atoms with Crippen molar-refractivity contribution in [3.63, 3.8) is 0 Å². The van der Waals surface area contributed by atoms with E-state index in [-0.39, 0.29) is 12.3 Å². The van der Waals surface area contributed by atoms with E-state index in [2.05, 4.69) is 32.3 Å².